The Labute approximate surface area is 223 Å². The lowest BCUT2D eigenvalue weighted by Gasteiger charge is -2.52. The second-order valence-corrected chi connectivity index (χ2v) is 10.5. The van der Waals surface area contributed by atoms with Gasteiger partial charge in [0.25, 0.3) is 11.8 Å². The van der Waals surface area contributed by atoms with E-state index < -0.39 is 28.6 Å². The molecule has 1 aromatic heterocycles. The number of aromatic nitrogens is 1. The minimum Gasteiger partial charge on any atom is -0.482 e. The highest BCUT2D eigenvalue weighted by atomic mass is 19.1. The summed E-state index contributed by atoms with van der Waals surface area (Å²) in [5.41, 5.74) is -0.634. The molecule has 0 radical (unpaired) electrons. The molecule has 1 aliphatic heterocycles. The molecule has 3 aliphatic rings. The quantitative estimate of drug-likeness (QED) is 0.524. The van der Waals surface area contributed by atoms with Crippen LogP contribution in [-0.2, 0) is 13.2 Å². The molecule has 8 nitrogen and oxygen atoms in total. The van der Waals surface area contributed by atoms with Crippen LogP contribution in [0.5, 0.6) is 5.75 Å². The third-order valence-electron chi connectivity index (χ3n) is 8.44. The molecule has 6 rings (SSSR count). The van der Waals surface area contributed by atoms with Crippen molar-refractivity contribution >= 4 is 11.8 Å². The Balaban J connectivity index is 1.40. The molecule has 3 atom stereocenters. The summed E-state index contributed by atoms with van der Waals surface area (Å²) in [5.74, 6) is -2.01. The van der Waals surface area contributed by atoms with Crippen molar-refractivity contribution in [3.05, 3.63) is 99.0 Å². The molecule has 1 spiro atoms. The summed E-state index contributed by atoms with van der Waals surface area (Å²) in [5, 5.41) is 4.49. The van der Waals surface area contributed by atoms with Crippen molar-refractivity contribution in [2.45, 2.75) is 38.1 Å². The van der Waals surface area contributed by atoms with Gasteiger partial charge in [0.15, 0.2) is 11.4 Å². The van der Waals surface area contributed by atoms with Crippen LogP contribution in [0.2, 0.25) is 0 Å². The molecular formula is C29H28F2N4O4. The standard InChI is InChI=1S/C29H28F2N4O4/c1-33-28(38)24-26(39-16-17-6-4-3-5-7-17)25(36)21(27(37)32-14-19-8-9-20(30)13-23(19)31)15-35(24)34(2)29(33)11-10-18-12-22(18)29/h3-9,13,15,18,22H,10-12,14,16H2,1-2H3,(H,32,37)/t18-,22+,29-/m1/s1. The number of hydrogen-bond donors (Lipinski definition) is 1. The molecule has 0 unspecified atom stereocenters. The highest BCUT2D eigenvalue weighted by Crippen LogP contribution is 2.61. The summed E-state index contributed by atoms with van der Waals surface area (Å²) in [6, 6.07) is 12.2. The third kappa shape index (κ3) is 3.97. The van der Waals surface area contributed by atoms with Crippen molar-refractivity contribution in [2.75, 3.05) is 19.1 Å². The number of pyridine rings is 1. The number of halogens is 2. The Hall–Kier alpha value is -4.21. The molecule has 1 N–H and O–H groups in total. The van der Waals surface area contributed by atoms with E-state index in [4.69, 9.17) is 4.74 Å². The van der Waals surface area contributed by atoms with Crippen LogP contribution in [0.1, 0.15) is 51.2 Å². The van der Waals surface area contributed by atoms with Crippen molar-refractivity contribution in [3.8, 4) is 5.75 Å². The molecule has 0 saturated heterocycles. The highest BCUT2D eigenvalue weighted by molar-refractivity contribution is 6.00. The molecule has 2 amide bonds. The van der Waals surface area contributed by atoms with Gasteiger partial charge in [0.1, 0.15) is 29.5 Å². The zero-order valence-corrected chi connectivity index (χ0v) is 21.6. The first-order valence-corrected chi connectivity index (χ1v) is 12.9. The zero-order chi connectivity index (χ0) is 27.5. The number of hydrogen-bond acceptors (Lipinski definition) is 5. The van der Waals surface area contributed by atoms with Crippen LogP contribution in [0.15, 0.2) is 59.5 Å². The Morgan fingerprint density at radius 2 is 1.90 bits per heavy atom. The minimum atomic E-state index is -0.806. The Bertz CT molecular complexity index is 1540. The number of benzene rings is 2. The van der Waals surface area contributed by atoms with Crippen molar-refractivity contribution < 1.29 is 23.1 Å². The summed E-state index contributed by atoms with van der Waals surface area (Å²) in [6.07, 6.45) is 4.16. The first-order valence-electron chi connectivity index (χ1n) is 12.9. The van der Waals surface area contributed by atoms with Gasteiger partial charge in [-0.1, -0.05) is 36.4 Å². The molecule has 0 bridgehead atoms. The maximum absolute atomic E-state index is 14.1. The highest BCUT2D eigenvalue weighted by Gasteiger charge is 2.65. The summed E-state index contributed by atoms with van der Waals surface area (Å²) in [7, 11) is 3.61. The van der Waals surface area contributed by atoms with E-state index in [2.05, 4.69) is 5.32 Å². The van der Waals surface area contributed by atoms with E-state index in [9.17, 15) is 23.2 Å². The Morgan fingerprint density at radius 3 is 2.56 bits per heavy atom. The van der Waals surface area contributed by atoms with Crippen LogP contribution >= 0.6 is 0 Å². The van der Waals surface area contributed by atoms with Crippen molar-refractivity contribution in [3.63, 3.8) is 0 Å². The van der Waals surface area contributed by atoms with Gasteiger partial charge in [0.05, 0.1) is 0 Å². The lowest BCUT2D eigenvalue weighted by atomic mass is 9.98. The van der Waals surface area contributed by atoms with E-state index in [0.717, 1.165) is 37.0 Å². The van der Waals surface area contributed by atoms with E-state index >= 15 is 0 Å². The molecule has 10 heteroatoms. The van der Waals surface area contributed by atoms with Crippen molar-refractivity contribution in [2.24, 2.45) is 11.8 Å². The molecular weight excluding hydrogens is 506 g/mol. The monoisotopic (exact) mass is 534 g/mol. The van der Waals surface area contributed by atoms with Crippen molar-refractivity contribution in [1.82, 2.24) is 14.9 Å². The van der Waals surface area contributed by atoms with Gasteiger partial charge >= 0.3 is 0 Å². The largest absolute Gasteiger partial charge is 0.482 e. The fourth-order valence-corrected chi connectivity index (χ4v) is 6.24. The molecule has 39 heavy (non-hydrogen) atoms. The summed E-state index contributed by atoms with van der Waals surface area (Å²) in [6.45, 7) is -0.233. The van der Waals surface area contributed by atoms with Gasteiger partial charge < -0.3 is 15.0 Å². The van der Waals surface area contributed by atoms with Gasteiger partial charge in [0.2, 0.25) is 5.43 Å². The number of nitrogens with zero attached hydrogens (tertiary/aromatic N) is 3. The minimum absolute atomic E-state index is 0.0193. The molecule has 2 heterocycles. The third-order valence-corrected chi connectivity index (χ3v) is 8.44. The maximum atomic E-state index is 14.1. The van der Waals surface area contributed by atoms with Crippen LogP contribution in [-0.4, -0.2) is 41.1 Å². The number of carbonyl (C=O) groups excluding carboxylic acids is 2. The number of amides is 2. The zero-order valence-electron chi connectivity index (χ0n) is 21.6. The first kappa shape index (κ1) is 25.1. The number of nitrogens with one attached hydrogen (secondary N) is 1. The van der Waals surface area contributed by atoms with E-state index in [1.165, 1.54) is 12.3 Å². The fraction of sp³-hybridized carbons (Fsp3) is 0.345. The summed E-state index contributed by atoms with van der Waals surface area (Å²) >= 11 is 0. The van der Waals surface area contributed by atoms with Crippen LogP contribution in [0, 0.1) is 23.5 Å². The van der Waals surface area contributed by atoms with E-state index in [-0.39, 0.29) is 41.6 Å². The SMILES string of the molecule is CN1C(=O)c2c(OCc3ccccc3)c(=O)c(C(=O)NCc3ccc(F)cc3F)cn2N(C)[C@@]12CC[C@@H]1C[C@@H]12. The molecule has 2 aliphatic carbocycles. The lowest BCUT2D eigenvalue weighted by Crippen LogP contribution is -2.68. The van der Waals surface area contributed by atoms with Crippen LogP contribution in [0.4, 0.5) is 8.78 Å². The molecule has 2 fully saturated rings. The smallest absolute Gasteiger partial charge is 0.278 e. The average Bonchev–Trinajstić information content (AvgIpc) is 3.62. The Morgan fingerprint density at radius 1 is 1.13 bits per heavy atom. The van der Waals surface area contributed by atoms with Gasteiger partial charge in [-0.05, 0) is 36.8 Å². The van der Waals surface area contributed by atoms with Crippen molar-refractivity contribution in [1.29, 1.82) is 0 Å². The van der Waals surface area contributed by atoms with Gasteiger partial charge in [-0.2, -0.15) is 0 Å². The molecule has 3 aromatic rings. The predicted molar refractivity (Wildman–Crippen MR) is 139 cm³/mol. The number of carbonyl (C=O) groups is 2. The normalized spacial score (nSPS) is 23.0. The average molecular weight is 535 g/mol. The van der Waals surface area contributed by atoms with Crippen LogP contribution in [0.25, 0.3) is 0 Å². The second-order valence-electron chi connectivity index (χ2n) is 10.5. The molecule has 2 saturated carbocycles. The fourth-order valence-electron chi connectivity index (χ4n) is 6.24. The predicted octanol–water partition coefficient (Wildman–Crippen LogP) is 3.42. The van der Waals surface area contributed by atoms with Gasteiger partial charge in [-0.3, -0.25) is 24.1 Å². The van der Waals surface area contributed by atoms with E-state index in [0.29, 0.717) is 11.8 Å². The van der Waals surface area contributed by atoms with Crippen LogP contribution < -0.4 is 20.5 Å². The summed E-state index contributed by atoms with van der Waals surface area (Å²) in [4.78, 5) is 42.5. The maximum Gasteiger partial charge on any atom is 0.278 e. The summed E-state index contributed by atoms with van der Waals surface area (Å²) < 4.78 is 35.0. The van der Waals surface area contributed by atoms with Gasteiger partial charge in [0, 0.05) is 44.4 Å². The lowest BCUT2D eigenvalue weighted by molar-refractivity contribution is 0.0325. The second kappa shape index (κ2) is 9.21. The van der Waals surface area contributed by atoms with Gasteiger partial charge in [-0.25, -0.2) is 8.78 Å². The first-order chi connectivity index (χ1) is 18.7. The number of ether oxygens (including phenoxy) is 1. The van der Waals surface area contributed by atoms with Gasteiger partial charge in [-0.15, -0.1) is 0 Å². The number of fused-ring (bicyclic) bond motifs is 3. The van der Waals surface area contributed by atoms with E-state index in [1.807, 2.05) is 42.4 Å². The number of rotatable bonds is 6. The van der Waals surface area contributed by atoms with Crippen LogP contribution in [0.3, 0.4) is 0 Å². The topological polar surface area (TPSA) is 83.9 Å². The molecule has 202 valence electrons. The molecule has 2 aromatic carbocycles. The Kier molecular flexibility index (Phi) is 5.93. The van der Waals surface area contributed by atoms with E-state index in [1.54, 1.807) is 16.6 Å².